The number of aryl methyl sites for hydroxylation is 3. The summed E-state index contributed by atoms with van der Waals surface area (Å²) in [5, 5.41) is 4.35. The summed E-state index contributed by atoms with van der Waals surface area (Å²) in [5.74, 6) is -0.159. The van der Waals surface area contributed by atoms with Crippen LogP contribution >= 0.6 is 0 Å². The molecule has 0 saturated carbocycles. The van der Waals surface area contributed by atoms with Crippen molar-refractivity contribution < 1.29 is 9.18 Å². The maximum Gasteiger partial charge on any atom is 0.137 e. The van der Waals surface area contributed by atoms with Crippen molar-refractivity contribution in [3.8, 4) is 0 Å². The highest BCUT2D eigenvalue weighted by atomic mass is 19.1. The van der Waals surface area contributed by atoms with Gasteiger partial charge in [-0.3, -0.25) is 9.48 Å². The van der Waals surface area contributed by atoms with Crippen molar-refractivity contribution in [3.05, 3.63) is 52.1 Å². The van der Waals surface area contributed by atoms with Gasteiger partial charge in [0, 0.05) is 25.6 Å². The molecule has 112 valence electrons. The highest BCUT2D eigenvalue weighted by Gasteiger charge is 2.12. The number of carbonyl (C=O) groups excluding carboxylic acids is 1. The number of ketones is 1. The first kappa shape index (κ1) is 15.4. The van der Waals surface area contributed by atoms with E-state index in [-0.39, 0.29) is 11.6 Å². The van der Waals surface area contributed by atoms with E-state index in [0.717, 1.165) is 28.1 Å². The zero-order valence-corrected chi connectivity index (χ0v) is 13.0. The molecule has 0 atom stereocenters. The minimum Gasteiger partial charge on any atom is -0.299 e. The van der Waals surface area contributed by atoms with Gasteiger partial charge in [-0.2, -0.15) is 5.10 Å². The average molecular weight is 288 g/mol. The molecule has 0 fully saturated rings. The molecule has 2 aromatic rings. The Labute approximate surface area is 124 Å². The zero-order chi connectivity index (χ0) is 15.6. The van der Waals surface area contributed by atoms with E-state index in [1.807, 2.05) is 32.5 Å². The molecule has 0 spiro atoms. The fourth-order valence-corrected chi connectivity index (χ4v) is 2.57. The first-order valence-electron chi connectivity index (χ1n) is 7.14. The second kappa shape index (κ2) is 6.20. The average Bonchev–Trinajstić information content (AvgIpc) is 2.66. The molecule has 0 saturated heterocycles. The number of nitrogens with zero attached hydrogens (tertiary/aromatic N) is 2. The molecule has 3 nitrogen and oxygen atoms in total. The van der Waals surface area contributed by atoms with E-state index in [9.17, 15) is 9.18 Å². The summed E-state index contributed by atoms with van der Waals surface area (Å²) in [6.07, 6.45) is 1.45. The molecule has 1 aromatic heterocycles. The number of halogens is 1. The molecule has 0 unspecified atom stereocenters. The second-order valence-corrected chi connectivity index (χ2v) is 5.56. The van der Waals surface area contributed by atoms with Crippen molar-refractivity contribution in [1.29, 1.82) is 0 Å². The molecule has 0 aliphatic heterocycles. The van der Waals surface area contributed by atoms with E-state index in [1.165, 1.54) is 12.1 Å². The topological polar surface area (TPSA) is 34.9 Å². The second-order valence-electron chi connectivity index (χ2n) is 5.56. The molecule has 0 aliphatic carbocycles. The Morgan fingerprint density at radius 1 is 1.29 bits per heavy atom. The van der Waals surface area contributed by atoms with Crippen molar-refractivity contribution in [2.24, 2.45) is 7.05 Å². The van der Waals surface area contributed by atoms with Crippen LogP contribution in [0, 0.1) is 26.6 Å². The van der Waals surface area contributed by atoms with Crippen molar-refractivity contribution in [3.63, 3.8) is 0 Å². The molecule has 0 bridgehead atoms. The lowest BCUT2D eigenvalue weighted by Gasteiger charge is -2.06. The van der Waals surface area contributed by atoms with Gasteiger partial charge in [0.25, 0.3) is 0 Å². The summed E-state index contributed by atoms with van der Waals surface area (Å²) in [7, 11) is 1.91. The quantitative estimate of drug-likeness (QED) is 0.846. The third kappa shape index (κ3) is 3.57. The van der Waals surface area contributed by atoms with Gasteiger partial charge >= 0.3 is 0 Å². The molecule has 0 radical (unpaired) electrons. The summed E-state index contributed by atoms with van der Waals surface area (Å²) in [6.45, 7) is 5.87. The number of carbonyl (C=O) groups is 1. The van der Waals surface area contributed by atoms with Crippen LogP contribution in [0.3, 0.4) is 0 Å². The minimum atomic E-state index is -0.289. The van der Waals surface area contributed by atoms with E-state index in [4.69, 9.17) is 0 Å². The molecule has 0 amide bonds. The maximum atomic E-state index is 13.2. The number of hydrogen-bond acceptors (Lipinski definition) is 2. The summed E-state index contributed by atoms with van der Waals surface area (Å²) in [4.78, 5) is 12.1. The van der Waals surface area contributed by atoms with Gasteiger partial charge in [-0.25, -0.2) is 4.39 Å². The van der Waals surface area contributed by atoms with E-state index in [1.54, 1.807) is 6.07 Å². The smallest absolute Gasteiger partial charge is 0.137 e. The van der Waals surface area contributed by atoms with Crippen molar-refractivity contribution in [1.82, 2.24) is 9.78 Å². The number of aromatic nitrogens is 2. The number of hydrogen-bond donors (Lipinski definition) is 0. The van der Waals surface area contributed by atoms with E-state index in [0.29, 0.717) is 19.3 Å². The van der Waals surface area contributed by atoms with Gasteiger partial charge in [0.2, 0.25) is 0 Å². The third-order valence-electron chi connectivity index (χ3n) is 4.01. The molecule has 21 heavy (non-hydrogen) atoms. The molecular formula is C17H21FN2O. The molecule has 2 rings (SSSR count). The first-order valence-corrected chi connectivity index (χ1v) is 7.14. The molecule has 1 heterocycles. The van der Waals surface area contributed by atoms with Gasteiger partial charge in [0.1, 0.15) is 11.6 Å². The highest BCUT2D eigenvalue weighted by Crippen LogP contribution is 2.16. The Morgan fingerprint density at radius 3 is 2.62 bits per heavy atom. The molecule has 0 N–H and O–H groups in total. The van der Waals surface area contributed by atoms with Gasteiger partial charge in [-0.15, -0.1) is 0 Å². The van der Waals surface area contributed by atoms with Gasteiger partial charge < -0.3 is 0 Å². The Bertz CT molecular complexity index is 674. The third-order valence-corrected chi connectivity index (χ3v) is 4.01. The van der Waals surface area contributed by atoms with Gasteiger partial charge in [0.15, 0.2) is 0 Å². The van der Waals surface area contributed by atoms with Crippen LogP contribution in [-0.4, -0.2) is 15.6 Å². The summed E-state index contributed by atoms with van der Waals surface area (Å²) < 4.78 is 15.1. The minimum absolute atomic E-state index is 0.131. The monoisotopic (exact) mass is 288 g/mol. The van der Waals surface area contributed by atoms with Crippen molar-refractivity contribution >= 4 is 5.78 Å². The van der Waals surface area contributed by atoms with Crippen LogP contribution in [0.2, 0.25) is 0 Å². The van der Waals surface area contributed by atoms with Crippen LogP contribution in [0.4, 0.5) is 4.39 Å². The Balaban J connectivity index is 2.01. The Morgan fingerprint density at radius 2 is 2.00 bits per heavy atom. The van der Waals surface area contributed by atoms with E-state index < -0.39 is 0 Å². The summed E-state index contributed by atoms with van der Waals surface area (Å²) >= 11 is 0. The number of benzene rings is 1. The summed E-state index contributed by atoms with van der Waals surface area (Å²) in [6, 6.07) is 4.59. The van der Waals surface area contributed by atoms with Crippen LogP contribution in [0.25, 0.3) is 0 Å². The predicted molar refractivity (Wildman–Crippen MR) is 80.9 cm³/mol. The van der Waals surface area contributed by atoms with Crippen LogP contribution in [0.5, 0.6) is 0 Å². The van der Waals surface area contributed by atoms with E-state index in [2.05, 4.69) is 5.10 Å². The van der Waals surface area contributed by atoms with E-state index >= 15 is 0 Å². The lowest BCUT2D eigenvalue weighted by atomic mass is 9.99. The van der Waals surface area contributed by atoms with Crippen LogP contribution in [0.15, 0.2) is 18.2 Å². The first-order chi connectivity index (χ1) is 9.88. The van der Waals surface area contributed by atoms with Crippen LogP contribution in [-0.2, 0) is 24.7 Å². The summed E-state index contributed by atoms with van der Waals surface area (Å²) in [5.41, 5.74) is 4.95. The van der Waals surface area contributed by atoms with Crippen molar-refractivity contribution in [2.45, 2.75) is 40.0 Å². The predicted octanol–water partition coefficient (Wildman–Crippen LogP) is 3.23. The highest BCUT2D eigenvalue weighted by molar-refractivity contribution is 5.81. The van der Waals surface area contributed by atoms with Gasteiger partial charge in [-0.05, 0) is 56.0 Å². The largest absolute Gasteiger partial charge is 0.299 e. The SMILES string of the molecule is Cc1ccc(F)cc1CC(=O)CCc1c(C)nn(C)c1C. The van der Waals surface area contributed by atoms with Gasteiger partial charge in [0.05, 0.1) is 5.69 Å². The van der Waals surface area contributed by atoms with Crippen LogP contribution < -0.4 is 0 Å². The fourth-order valence-electron chi connectivity index (χ4n) is 2.57. The Hall–Kier alpha value is -1.97. The van der Waals surface area contributed by atoms with Crippen LogP contribution in [0.1, 0.15) is 34.5 Å². The maximum absolute atomic E-state index is 13.2. The lowest BCUT2D eigenvalue weighted by molar-refractivity contribution is -0.118. The number of rotatable bonds is 5. The molecule has 4 heteroatoms. The van der Waals surface area contributed by atoms with Crippen molar-refractivity contribution in [2.75, 3.05) is 0 Å². The fraction of sp³-hybridized carbons (Fsp3) is 0.412. The molecule has 1 aromatic carbocycles. The molecule has 0 aliphatic rings. The van der Waals surface area contributed by atoms with Gasteiger partial charge in [-0.1, -0.05) is 6.07 Å². The lowest BCUT2D eigenvalue weighted by Crippen LogP contribution is -2.07. The Kier molecular flexibility index (Phi) is 4.56. The number of Topliss-reactive ketones (excluding diaryl/α,β-unsaturated/α-hetero) is 1. The molecular weight excluding hydrogens is 267 g/mol. The standard InChI is InChI=1S/C17H21FN2O/c1-11-5-6-15(18)9-14(11)10-16(21)7-8-17-12(2)19-20(4)13(17)3/h5-6,9H,7-8,10H2,1-4H3. The normalized spacial score (nSPS) is 10.9. The zero-order valence-electron chi connectivity index (χ0n) is 13.0.